The largest absolute Gasteiger partial charge is 0.370 e. The Morgan fingerprint density at radius 2 is 2.19 bits per heavy atom. The second-order valence-corrected chi connectivity index (χ2v) is 6.12. The second-order valence-electron chi connectivity index (χ2n) is 3.32. The number of unbranched alkanes of at least 4 members (excludes halogenated alkanes) is 1. The van der Waals surface area contributed by atoms with E-state index in [0.29, 0.717) is 18.5 Å². The molecule has 0 bridgehead atoms. The number of carbonyl (C=O) groups excluding carboxylic acids is 2. The van der Waals surface area contributed by atoms with Crippen molar-refractivity contribution in [2.45, 2.75) is 19.3 Å². The minimum Gasteiger partial charge on any atom is -0.370 e. The SMILES string of the molecule is NC(=O)CCCCNC(=O)c1csc(I)c1. The summed E-state index contributed by atoms with van der Waals surface area (Å²) in [6.45, 7) is 0.582. The summed E-state index contributed by atoms with van der Waals surface area (Å²) in [7, 11) is 0. The first-order valence-corrected chi connectivity index (χ1v) is 6.86. The number of hydrogen-bond acceptors (Lipinski definition) is 3. The Hall–Kier alpha value is -0.630. The number of primary amides is 1. The molecular formula is C10H13IN2O2S. The molecule has 6 heteroatoms. The summed E-state index contributed by atoms with van der Waals surface area (Å²) in [5, 5.41) is 4.63. The van der Waals surface area contributed by atoms with Gasteiger partial charge < -0.3 is 11.1 Å². The van der Waals surface area contributed by atoms with Crippen LogP contribution in [0.25, 0.3) is 0 Å². The first-order chi connectivity index (χ1) is 7.59. The van der Waals surface area contributed by atoms with Crippen molar-refractivity contribution < 1.29 is 9.59 Å². The standard InChI is InChI=1S/C10H13IN2O2S/c11-8-5-7(6-16-8)10(15)13-4-2-1-3-9(12)14/h5-6H,1-4H2,(H2,12,14)(H,13,15). The van der Waals surface area contributed by atoms with Gasteiger partial charge in [-0.05, 0) is 41.5 Å². The van der Waals surface area contributed by atoms with Gasteiger partial charge in [-0.1, -0.05) is 0 Å². The number of rotatable bonds is 6. The molecule has 1 aromatic heterocycles. The van der Waals surface area contributed by atoms with Gasteiger partial charge in [0, 0.05) is 18.3 Å². The van der Waals surface area contributed by atoms with E-state index >= 15 is 0 Å². The molecule has 1 heterocycles. The lowest BCUT2D eigenvalue weighted by atomic mass is 10.2. The first-order valence-electron chi connectivity index (χ1n) is 4.90. The van der Waals surface area contributed by atoms with E-state index in [4.69, 9.17) is 5.73 Å². The van der Waals surface area contributed by atoms with Gasteiger partial charge in [-0.15, -0.1) is 11.3 Å². The van der Waals surface area contributed by atoms with Crippen LogP contribution in [0.15, 0.2) is 11.4 Å². The summed E-state index contributed by atoms with van der Waals surface area (Å²) in [5.41, 5.74) is 5.70. The fraction of sp³-hybridized carbons (Fsp3) is 0.400. The lowest BCUT2D eigenvalue weighted by Crippen LogP contribution is -2.24. The summed E-state index contributed by atoms with van der Waals surface area (Å²) in [6.07, 6.45) is 1.87. The van der Waals surface area contributed by atoms with E-state index in [-0.39, 0.29) is 11.8 Å². The van der Waals surface area contributed by atoms with E-state index in [9.17, 15) is 9.59 Å². The molecule has 0 atom stereocenters. The van der Waals surface area contributed by atoms with Crippen LogP contribution in [0.5, 0.6) is 0 Å². The van der Waals surface area contributed by atoms with Crippen LogP contribution in [0.4, 0.5) is 0 Å². The molecule has 88 valence electrons. The lowest BCUT2D eigenvalue weighted by molar-refractivity contribution is -0.118. The smallest absolute Gasteiger partial charge is 0.252 e. The van der Waals surface area contributed by atoms with E-state index < -0.39 is 0 Å². The van der Waals surface area contributed by atoms with Crippen molar-refractivity contribution in [3.63, 3.8) is 0 Å². The molecule has 0 aliphatic rings. The highest BCUT2D eigenvalue weighted by molar-refractivity contribution is 14.1. The molecule has 3 N–H and O–H groups in total. The first kappa shape index (κ1) is 13.4. The molecule has 0 saturated heterocycles. The summed E-state index contributed by atoms with van der Waals surface area (Å²) in [6, 6.07) is 1.85. The molecule has 1 rings (SSSR count). The molecule has 0 aliphatic heterocycles. The molecule has 0 spiro atoms. The van der Waals surface area contributed by atoms with E-state index in [1.165, 1.54) is 0 Å². The van der Waals surface area contributed by atoms with Gasteiger partial charge in [0.15, 0.2) is 0 Å². The maximum absolute atomic E-state index is 11.6. The average molecular weight is 352 g/mol. The van der Waals surface area contributed by atoms with Crippen LogP contribution < -0.4 is 11.1 Å². The fourth-order valence-electron chi connectivity index (χ4n) is 1.16. The van der Waals surface area contributed by atoms with E-state index in [2.05, 4.69) is 27.9 Å². The Morgan fingerprint density at radius 3 is 2.75 bits per heavy atom. The van der Waals surface area contributed by atoms with Crippen LogP contribution in [-0.2, 0) is 4.79 Å². The van der Waals surface area contributed by atoms with Gasteiger partial charge in [0.1, 0.15) is 0 Å². The predicted octanol–water partition coefficient (Wildman–Crippen LogP) is 1.74. The topological polar surface area (TPSA) is 72.2 Å². The third-order valence-electron chi connectivity index (χ3n) is 1.97. The Kier molecular flexibility index (Phi) is 5.75. The van der Waals surface area contributed by atoms with Crippen LogP contribution in [0.1, 0.15) is 29.6 Å². The molecule has 0 fully saturated rings. The van der Waals surface area contributed by atoms with Gasteiger partial charge in [0.05, 0.1) is 8.45 Å². The Bertz CT molecular complexity index is 379. The third-order valence-corrected chi connectivity index (χ3v) is 3.75. The van der Waals surface area contributed by atoms with Crippen LogP contribution in [-0.4, -0.2) is 18.4 Å². The number of thiophene rings is 1. The Morgan fingerprint density at radius 1 is 1.44 bits per heavy atom. The fourth-order valence-corrected chi connectivity index (χ4v) is 2.48. The van der Waals surface area contributed by atoms with Crippen molar-refractivity contribution in [3.8, 4) is 0 Å². The highest BCUT2D eigenvalue weighted by atomic mass is 127. The Labute approximate surface area is 112 Å². The number of nitrogens with one attached hydrogen (secondary N) is 1. The molecule has 0 saturated carbocycles. The number of hydrogen-bond donors (Lipinski definition) is 2. The molecule has 0 aliphatic carbocycles. The Balaban J connectivity index is 2.18. The zero-order valence-corrected chi connectivity index (χ0v) is 11.6. The quantitative estimate of drug-likeness (QED) is 0.605. The molecule has 1 aromatic rings. The van der Waals surface area contributed by atoms with Crippen LogP contribution >= 0.6 is 33.9 Å². The second kappa shape index (κ2) is 6.85. The summed E-state index contributed by atoms with van der Waals surface area (Å²) >= 11 is 3.72. The summed E-state index contributed by atoms with van der Waals surface area (Å²) in [4.78, 5) is 22.0. The van der Waals surface area contributed by atoms with Crippen molar-refractivity contribution >= 4 is 45.7 Å². The maximum atomic E-state index is 11.6. The monoisotopic (exact) mass is 352 g/mol. The maximum Gasteiger partial charge on any atom is 0.252 e. The van der Waals surface area contributed by atoms with Gasteiger partial charge >= 0.3 is 0 Å². The van der Waals surface area contributed by atoms with E-state index in [1.54, 1.807) is 11.3 Å². The highest BCUT2D eigenvalue weighted by Gasteiger charge is 2.06. The van der Waals surface area contributed by atoms with Crippen molar-refractivity contribution in [2.75, 3.05) is 6.54 Å². The van der Waals surface area contributed by atoms with Gasteiger partial charge in [0.25, 0.3) is 5.91 Å². The summed E-state index contributed by atoms with van der Waals surface area (Å²) < 4.78 is 1.09. The molecule has 4 nitrogen and oxygen atoms in total. The molecular weight excluding hydrogens is 339 g/mol. The minimum absolute atomic E-state index is 0.0572. The number of halogens is 1. The molecule has 0 radical (unpaired) electrons. The average Bonchev–Trinajstić information content (AvgIpc) is 2.63. The van der Waals surface area contributed by atoms with Crippen molar-refractivity contribution in [1.29, 1.82) is 0 Å². The van der Waals surface area contributed by atoms with Gasteiger partial charge in [0.2, 0.25) is 5.91 Å². The molecule has 2 amide bonds. The van der Waals surface area contributed by atoms with E-state index in [0.717, 1.165) is 15.7 Å². The highest BCUT2D eigenvalue weighted by Crippen LogP contribution is 2.16. The lowest BCUT2D eigenvalue weighted by Gasteiger charge is -2.02. The van der Waals surface area contributed by atoms with Crippen molar-refractivity contribution in [3.05, 3.63) is 19.9 Å². The van der Waals surface area contributed by atoms with Gasteiger partial charge in [-0.2, -0.15) is 0 Å². The molecule has 0 unspecified atom stereocenters. The van der Waals surface area contributed by atoms with Gasteiger partial charge in [-0.3, -0.25) is 9.59 Å². The van der Waals surface area contributed by atoms with Crippen molar-refractivity contribution in [1.82, 2.24) is 5.32 Å². The van der Waals surface area contributed by atoms with Crippen molar-refractivity contribution in [2.24, 2.45) is 5.73 Å². The van der Waals surface area contributed by atoms with Gasteiger partial charge in [-0.25, -0.2) is 0 Å². The number of nitrogens with two attached hydrogens (primary N) is 1. The van der Waals surface area contributed by atoms with E-state index in [1.807, 2.05) is 11.4 Å². The zero-order chi connectivity index (χ0) is 12.0. The number of carbonyl (C=O) groups is 2. The van der Waals surface area contributed by atoms with Crippen LogP contribution in [0, 0.1) is 2.88 Å². The van der Waals surface area contributed by atoms with Crippen LogP contribution in [0.3, 0.4) is 0 Å². The normalized spacial score (nSPS) is 10.1. The minimum atomic E-state index is -0.293. The number of amides is 2. The third kappa shape index (κ3) is 4.93. The molecule has 16 heavy (non-hydrogen) atoms. The zero-order valence-electron chi connectivity index (χ0n) is 8.66. The molecule has 0 aromatic carbocycles. The van der Waals surface area contributed by atoms with Crippen LogP contribution in [0.2, 0.25) is 0 Å². The summed E-state index contributed by atoms with van der Waals surface area (Å²) in [5.74, 6) is -0.350. The predicted molar refractivity (Wildman–Crippen MR) is 72.4 cm³/mol.